The molecule has 0 aromatic carbocycles. The molecule has 0 saturated heterocycles. The van der Waals surface area contributed by atoms with Crippen LogP contribution in [-0.4, -0.2) is 96.7 Å². The van der Waals surface area contributed by atoms with Gasteiger partial charge >= 0.3 is 39.5 Å². The summed E-state index contributed by atoms with van der Waals surface area (Å²) in [6.45, 7) is 9.69. The van der Waals surface area contributed by atoms with Gasteiger partial charge in [-0.15, -0.1) is 0 Å². The van der Waals surface area contributed by atoms with Gasteiger partial charge in [0.05, 0.1) is 26.4 Å². The van der Waals surface area contributed by atoms with Crippen LogP contribution in [0.25, 0.3) is 0 Å². The fraction of sp³-hybridized carbons (Fsp3) is 0.952. The number of rotatable bonds is 82. The molecule has 0 aliphatic rings. The normalized spacial score (nSPS) is 14.1. The van der Waals surface area contributed by atoms with Gasteiger partial charge in [-0.1, -0.05) is 388 Å². The third kappa shape index (κ3) is 74.9. The number of unbranched alkanes of at least 4 members (excludes halogenated alkanes) is 51. The number of carbonyl (C=O) groups excluding carboxylic acids is 4. The molecule has 0 bridgehead atoms. The fourth-order valence-electron chi connectivity index (χ4n) is 12.9. The highest BCUT2D eigenvalue weighted by atomic mass is 31.2. The summed E-state index contributed by atoms with van der Waals surface area (Å²) < 4.78 is 68.7. The Kier molecular flexibility index (Phi) is 73.1. The number of hydrogen-bond donors (Lipinski definition) is 3. The maximum Gasteiger partial charge on any atom is 0.472 e. The zero-order valence-corrected chi connectivity index (χ0v) is 68.7. The van der Waals surface area contributed by atoms with E-state index in [0.29, 0.717) is 25.7 Å². The van der Waals surface area contributed by atoms with E-state index in [1.54, 1.807) is 0 Å². The molecule has 0 amide bonds. The van der Waals surface area contributed by atoms with E-state index in [1.165, 1.54) is 257 Å². The van der Waals surface area contributed by atoms with Crippen LogP contribution in [0, 0.1) is 11.8 Å². The van der Waals surface area contributed by atoms with Gasteiger partial charge in [0.25, 0.3) is 0 Å². The number of aliphatic hydroxyl groups excluding tert-OH is 1. The molecule has 3 unspecified atom stereocenters. The molecule has 606 valence electrons. The van der Waals surface area contributed by atoms with Gasteiger partial charge in [0.2, 0.25) is 0 Å². The van der Waals surface area contributed by atoms with E-state index >= 15 is 0 Å². The number of phosphoric acid groups is 2. The lowest BCUT2D eigenvalue weighted by atomic mass is 9.99. The molecule has 0 radical (unpaired) electrons. The summed E-state index contributed by atoms with van der Waals surface area (Å²) in [6, 6.07) is 0. The van der Waals surface area contributed by atoms with Crippen molar-refractivity contribution >= 4 is 39.5 Å². The van der Waals surface area contributed by atoms with Crippen LogP contribution >= 0.6 is 15.6 Å². The first-order chi connectivity index (χ1) is 49.4. The highest BCUT2D eigenvalue weighted by molar-refractivity contribution is 7.47. The van der Waals surface area contributed by atoms with Crippen molar-refractivity contribution in [2.45, 2.75) is 458 Å². The van der Waals surface area contributed by atoms with Crippen molar-refractivity contribution in [3.05, 3.63) is 0 Å². The minimum Gasteiger partial charge on any atom is -0.462 e. The van der Waals surface area contributed by atoms with E-state index < -0.39 is 97.5 Å². The molecule has 0 rings (SSSR count). The molecule has 0 spiro atoms. The fourth-order valence-corrected chi connectivity index (χ4v) is 14.4. The predicted molar refractivity (Wildman–Crippen MR) is 418 cm³/mol. The molecule has 0 aromatic rings. The predicted octanol–water partition coefficient (Wildman–Crippen LogP) is 25.1. The van der Waals surface area contributed by atoms with Crippen molar-refractivity contribution < 1.29 is 80.2 Å². The Bertz CT molecular complexity index is 1960. The lowest BCUT2D eigenvalue weighted by Crippen LogP contribution is -2.30. The third-order valence-electron chi connectivity index (χ3n) is 19.8. The van der Waals surface area contributed by atoms with E-state index in [9.17, 15) is 43.2 Å². The number of carbonyl (C=O) groups is 4. The molecule has 3 N–H and O–H groups in total. The molecule has 17 nitrogen and oxygen atoms in total. The Balaban J connectivity index is 5.20. The highest BCUT2D eigenvalue weighted by Crippen LogP contribution is 2.45. The molecule has 19 heteroatoms. The Labute approximate surface area is 626 Å². The lowest BCUT2D eigenvalue weighted by Gasteiger charge is -2.21. The van der Waals surface area contributed by atoms with E-state index in [0.717, 1.165) is 102 Å². The average Bonchev–Trinajstić information content (AvgIpc) is 0.943. The second-order valence-corrected chi connectivity index (χ2v) is 33.5. The summed E-state index contributed by atoms with van der Waals surface area (Å²) >= 11 is 0. The van der Waals surface area contributed by atoms with Gasteiger partial charge in [0, 0.05) is 25.7 Å². The van der Waals surface area contributed by atoms with Gasteiger partial charge in [0.15, 0.2) is 12.2 Å². The van der Waals surface area contributed by atoms with Crippen molar-refractivity contribution in [3.8, 4) is 0 Å². The van der Waals surface area contributed by atoms with Crippen molar-refractivity contribution in [2.24, 2.45) is 11.8 Å². The van der Waals surface area contributed by atoms with Crippen LogP contribution in [0.3, 0.4) is 0 Å². The molecule has 0 aromatic heterocycles. The minimum atomic E-state index is -4.96. The second-order valence-electron chi connectivity index (χ2n) is 30.6. The highest BCUT2D eigenvalue weighted by Gasteiger charge is 2.30. The summed E-state index contributed by atoms with van der Waals surface area (Å²) in [4.78, 5) is 73.0. The maximum absolute atomic E-state index is 13.1. The molecule has 0 heterocycles. The first kappa shape index (κ1) is 100. The second kappa shape index (κ2) is 74.5. The molecule has 0 aliphatic carbocycles. The Morgan fingerprint density at radius 3 is 0.745 bits per heavy atom. The number of ether oxygens (including phenoxy) is 4. The van der Waals surface area contributed by atoms with Crippen LogP contribution < -0.4 is 0 Å². The summed E-state index contributed by atoms with van der Waals surface area (Å²) in [7, 11) is -9.92. The van der Waals surface area contributed by atoms with Gasteiger partial charge in [0.1, 0.15) is 19.3 Å². The number of phosphoric ester groups is 2. The van der Waals surface area contributed by atoms with E-state index in [1.807, 2.05) is 0 Å². The van der Waals surface area contributed by atoms with Crippen molar-refractivity contribution in [2.75, 3.05) is 39.6 Å². The zero-order chi connectivity index (χ0) is 74.9. The van der Waals surface area contributed by atoms with Crippen LogP contribution in [0.1, 0.15) is 440 Å². The minimum absolute atomic E-state index is 0.106. The molecular weight excluding hydrogens is 1330 g/mol. The average molecular weight is 1490 g/mol. The van der Waals surface area contributed by atoms with Gasteiger partial charge in [-0.2, -0.15) is 0 Å². The van der Waals surface area contributed by atoms with Crippen LogP contribution in [-0.2, 0) is 65.4 Å². The van der Waals surface area contributed by atoms with E-state index in [2.05, 4.69) is 41.5 Å². The van der Waals surface area contributed by atoms with Gasteiger partial charge in [-0.3, -0.25) is 37.3 Å². The molecule has 0 saturated carbocycles. The Morgan fingerprint density at radius 2 is 0.500 bits per heavy atom. The standard InChI is InChI=1S/C83H162O17P2/c1-7-10-12-14-16-18-19-20-21-22-26-29-32-35-42-48-54-60-66-81(86)94-72-79(99-82(87)67-61-55-49-43-36-33-30-27-24-23-25-28-31-34-41-46-52-58-64-76(6)9-3)74-98-102(91,92)96-70-77(84)69-95-101(89,90)97-73-78(71-93-80(85)65-59-53-47-39-17-15-13-11-8-2)100-83(88)68-62-56-50-44-38-37-40-45-51-57-63-75(4)5/h75-79,84H,7-74H2,1-6H3,(H,89,90)(H,91,92)/t76?,77-,78+,79+/m0/s1. The van der Waals surface area contributed by atoms with Gasteiger partial charge in [-0.25, -0.2) is 9.13 Å². The first-order valence-corrected chi connectivity index (χ1v) is 46.0. The SMILES string of the molecule is CCCCCCCCCCCCCCCCCCCCC(=O)OC[C@H](COP(=O)(O)OC[C@@H](O)COP(=O)(O)OC[C@@H](COC(=O)CCCCCCCCCCC)OC(=O)CCCCCCCCCCCCC(C)C)OC(=O)CCCCCCCCCCCCCCCCCCCCC(C)CC. The molecule has 0 fully saturated rings. The van der Waals surface area contributed by atoms with Gasteiger partial charge in [-0.05, 0) is 37.5 Å². The van der Waals surface area contributed by atoms with Crippen molar-refractivity contribution in [1.82, 2.24) is 0 Å². The molecule has 0 aliphatic heterocycles. The van der Waals surface area contributed by atoms with Crippen LogP contribution in [0.15, 0.2) is 0 Å². The molecule has 6 atom stereocenters. The smallest absolute Gasteiger partial charge is 0.462 e. The summed E-state index contributed by atoms with van der Waals surface area (Å²) in [5, 5.41) is 10.6. The van der Waals surface area contributed by atoms with E-state index in [-0.39, 0.29) is 25.7 Å². The Morgan fingerprint density at radius 1 is 0.284 bits per heavy atom. The van der Waals surface area contributed by atoms with Gasteiger partial charge < -0.3 is 33.8 Å². The maximum atomic E-state index is 13.1. The van der Waals surface area contributed by atoms with Crippen LogP contribution in [0.5, 0.6) is 0 Å². The zero-order valence-electron chi connectivity index (χ0n) is 66.9. The third-order valence-corrected chi connectivity index (χ3v) is 21.7. The number of hydrogen-bond acceptors (Lipinski definition) is 15. The lowest BCUT2D eigenvalue weighted by molar-refractivity contribution is -0.161. The molecule has 102 heavy (non-hydrogen) atoms. The summed E-state index contributed by atoms with van der Waals surface area (Å²) in [5.74, 6) is -0.485. The first-order valence-electron chi connectivity index (χ1n) is 43.0. The number of esters is 4. The van der Waals surface area contributed by atoms with Crippen LogP contribution in [0.4, 0.5) is 0 Å². The van der Waals surface area contributed by atoms with Crippen LogP contribution in [0.2, 0.25) is 0 Å². The Hall–Kier alpha value is -1.94. The van der Waals surface area contributed by atoms with E-state index in [4.69, 9.17) is 37.0 Å². The molecular formula is C83H162O17P2. The topological polar surface area (TPSA) is 237 Å². The summed E-state index contributed by atoms with van der Waals surface area (Å²) in [6.07, 6.45) is 65.3. The quantitative estimate of drug-likeness (QED) is 0.0222. The largest absolute Gasteiger partial charge is 0.472 e. The van der Waals surface area contributed by atoms with Crippen molar-refractivity contribution in [3.63, 3.8) is 0 Å². The summed E-state index contributed by atoms with van der Waals surface area (Å²) in [5.41, 5.74) is 0. The number of aliphatic hydroxyl groups is 1. The monoisotopic (exact) mass is 1490 g/mol. The van der Waals surface area contributed by atoms with Crippen molar-refractivity contribution in [1.29, 1.82) is 0 Å².